The highest BCUT2D eigenvalue weighted by Crippen LogP contribution is 2.62. The second kappa shape index (κ2) is 12.4. The normalized spacial score (nSPS) is 15.0. The Bertz CT molecular complexity index is 2330. The van der Waals surface area contributed by atoms with Crippen molar-refractivity contribution >= 4 is 7.82 Å². The van der Waals surface area contributed by atoms with Crippen molar-refractivity contribution in [2.45, 2.75) is 55.4 Å². The summed E-state index contributed by atoms with van der Waals surface area (Å²) in [5, 5.41) is 0. The molecule has 0 fully saturated rings. The van der Waals surface area contributed by atoms with Crippen LogP contribution in [0.3, 0.4) is 0 Å². The molecule has 0 spiro atoms. The highest BCUT2D eigenvalue weighted by molar-refractivity contribution is 7.50. The third-order valence-electron chi connectivity index (χ3n) is 9.41. The van der Waals surface area contributed by atoms with Gasteiger partial charge in [-0.25, -0.2) is 0 Å². The molecule has 0 N–H and O–H groups in total. The average molecular weight is 665 g/mol. The summed E-state index contributed by atoms with van der Waals surface area (Å²) in [7, 11) is -4.22. The highest BCUT2D eigenvalue weighted by Gasteiger charge is 2.42. The largest absolute Gasteiger partial charge is 0.647 e. The lowest BCUT2D eigenvalue weighted by molar-refractivity contribution is 0.290. The molecule has 2 bridgehead atoms. The first kappa shape index (κ1) is 32.5. The molecule has 0 aromatic heterocycles. The zero-order valence-corrected chi connectivity index (χ0v) is 30.3. The van der Waals surface area contributed by atoms with Gasteiger partial charge in [0.05, 0.1) is 5.56 Å². The van der Waals surface area contributed by atoms with E-state index in [0.29, 0.717) is 17.2 Å². The number of hydrogen-bond acceptors (Lipinski definition) is 4. The van der Waals surface area contributed by atoms with Gasteiger partial charge in [0, 0.05) is 11.1 Å². The molecule has 7 rings (SSSR count). The Balaban J connectivity index is 1.38. The van der Waals surface area contributed by atoms with Crippen molar-refractivity contribution in [2.75, 3.05) is 0 Å². The van der Waals surface area contributed by atoms with E-state index in [1.165, 1.54) is 16.7 Å². The molecule has 1 unspecified atom stereocenters. The van der Waals surface area contributed by atoms with E-state index >= 15 is 0 Å². The van der Waals surface area contributed by atoms with Gasteiger partial charge in [0.1, 0.15) is 11.5 Å². The average Bonchev–Trinajstić information content (AvgIpc) is 3.02. The number of phosphoric ester groups is 1. The molecule has 6 aromatic rings. The molecule has 4 nitrogen and oxygen atoms in total. The first-order chi connectivity index (χ1) is 23.4. The van der Waals surface area contributed by atoms with Gasteiger partial charge in [-0.15, -0.1) is 0 Å². The number of benzene rings is 6. The van der Waals surface area contributed by atoms with Gasteiger partial charge in [0.2, 0.25) is 0 Å². The van der Waals surface area contributed by atoms with Gasteiger partial charge in [-0.1, -0.05) is 101 Å². The Hall–Kier alpha value is -5.05. The predicted octanol–water partition coefficient (Wildman–Crippen LogP) is 12.8. The van der Waals surface area contributed by atoms with Gasteiger partial charge >= 0.3 is 7.82 Å². The molecule has 0 amide bonds. The van der Waals surface area contributed by atoms with E-state index in [-0.39, 0.29) is 0 Å². The van der Waals surface area contributed by atoms with Crippen LogP contribution in [-0.2, 0) is 4.57 Å². The third-order valence-corrected chi connectivity index (χ3v) is 10.7. The van der Waals surface area contributed by atoms with E-state index in [9.17, 15) is 4.57 Å². The molecular formula is C44H41O4P. The van der Waals surface area contributed by atoms with Crippen LogP contribution in [-0.4, -0.2) is 0 Å². The maximum Gasteiger partial charge on any atom is 0.647 e. The van der Waals surface area contributed by atoms with Gasteiger partial charge in [0.25, 0.3) is 0 Å². The summed E-state index contributed by atoms with van der Waals surface area (Å²) in [4.78, 5) is 0. The highest BCUT2D eigenvalue weighted by atomic mass is 31.2. The fourth-order valence-electron chi connectivity index (χ4n) is 7.06. The second-order valence-corrected chi connectivity index (χ2v) is 15.0. The molecule has 0 radical (unpaired) electrons. The Morgan fingerprint density at radius 2 is 0.918 bits per heavy atom. The lowest BCUT2D eigenvalue weighted by atomic mass is 9.91. The van der Waals surface area contributed by atoms with E-state index in [0.717, 1.165) is 72.3 Å². The molecule has 1 heterocycles. The van der Waals surface area contributed by atoms with Crippen LogP contribution in [0.1, 0.15) is 44.5 Å². The lowest BCUT2D eigenvalue weighted by Crippen LogP contribution is -2.14. The van der Waals surface area contributed by atoms with Crippen LogP contribution < -0.4 is 13.6 Å². The Morgan fingerprint density at radius 3 is 1.45 bits per heavy atom. The summed E-state index contributed by atoms with van der Waals surface area (Å²) in [5.74, 6) is 1.38. The topological polar surface area (TPSA) is 44.8 Å². The molecule has 0 saturated heterocycles. The molecule has 0 saturated carbocycles. The summed E-state index contributed by atoms with van der Waals surface area (Å²) in [6.07, 6.45) is 0. The maximum absolute atomic E-state index is 14.8. The van der Waals surface area contributed by atoms with Crippen LogP contribution in [0, 0.1) is 55.4 Å². The summed E-state index contributed by atoms with van der Waals surface area (Å²) < 4.78 is 34.1. The molecule has 1 aliphatic rings. The van der Waals surface area contributed by atoms with Gasteiger partial charge < -0.3 is 13.6 Å². The molecular weight excluding hydrogens is 623 g/mol. The zero-order valence-electron chi connectivity index (χ0n) is 29.4. The van der Waals surface area contributed by atoms with Crippen LogP contribution in [0.15, 0.2) is 103 Å². The number of phosphoric acid groups is 1. The van der Waals surface area contributed by atoms with Crippen LogP contribution in [0.4, 0.5) is 0 Å². The SMILES string of the molecule is Cc1ccc(-c2ccc(OP3(=O)Oc4ccc(-c5ccc(C)cc5C)c(c4-c4ccc(C)cc4C)O3)c(-c3ccc(C)cc3C)c2)c(C)c1. The number of rotatable bonds is 6. The number of aryl methyl sites for hydroxylation is 8. The molecule has 49 heavy (non-hydrogen) atoms. The van der Waals surface area contributed by atoms with E-state index < -0.39 is 7.82 Å². The molecule has 246 valence electrons. The smallest absolute Gasteiger partial charge is 0.385 e. The lowest BCUT2D eigenvalue weighted by Gasteiger charge is -2.30. The van der Waals surface area contributed by atoms with Crippen molar-refractivity contribution in [3.8, 4) is 61.8 Å². The van der Waals surface area contributed by atoms with Crippen molar-refractivity contribution in [3.63, 3.8) is 0 Å². The first-order valence-electron chi connectivity index (χ1n) is 16.7. The molecule has 6 aromatic carbocycles. The van der Waals surface area contributed by atoms with E-state index in [1.54, 1.807) is 0 Å². The van der Waals surface area contributed by atoms with Crippen molar-refractivity contribution in [1.29, 1.82) is 0 Å². The fraction of sp³-hybridized carbons (Fsp3) is 0.182. The zero-order chi connectivity index (χ0) is 34.6. The third kappa shape index (κ3) is 6.18. The van der Waals surface area contributed by atoms with Gasteiger partial charge in [-0.05, 0) is 130 Å². The summed E-state index contributed by atoms with van der Waals surface area (Å²) >= 11 is 0. The van der Waals surface area contributed by atoms with E-state index in [2.05, 4.69) is 134 Å². The molecule has 5 heteroatoms. The quantitative estimate of drug-likeness (QED) is 0.166. The van der Waals surface area contributed by atoms with Crippen LogP contribution in [0.5, 0.6) is 17.2 Å². The Kier molecular flexibility index (Phi) is 8.25. The fourth-order valence-corrected chi connectivity index (χ4v) is 8.38. The van der Waals surface area contributed by atoms with Crippen LogP contribution in [0.2, 0.25) is 0 Å². The van der Waals surface area contributed by atoms with Gasteiger partial charge in [0.15, 0.2) is 5.75 Å². The number of fused-ring (bicyclic) bond motifs is 2. The Labute approximate surface area is 290 Å². The maximum atomic E-state index is 14.8. The molecule has 0 aliphatic carbocycles. The first-order valence-corrected chi connectivity index (χ1v) is 18.2. The summed E-state index contributed by atoms with van der Waals surface area (Å²) in [5.41, 5.74) is 16.7. The molecule has 1 atom stereocenters. The van der Waals surface area contributed by atoms with E-state index in [1.807, 2.05) is 24.3 Å². The van der Waals surface area contributed by atoms with Crippen molar-refractivity contribution < 1.29 is 18.1 Å². The van der Waals surface area contributed by atoms with E-state index in [4.69, 9.17) is 13.6 Å². The van der Waals surface area contributed by atoms with Gasteiger partial charge in [-0.2, -0.15) is 4.57 Å². The minimum absolute atomic E-state index is 0.426. The second-order valence-electron chi connectivity index (χ2n) is 13.5. The predicted molar refractivity (Wildman–Crippen MR) is 202 cm³/mol. The van der Waals surface area contributed by atoms with Gasteiger partial charge in [-0.3, -0.25) is 0 Å². The van der Waals surface area contributed by atoms with Crippen LogP contribution in [0.25, 0.3) is 44.5 Å². The van der Waals surface area contributed by atoms with Crippen molar-refractivity contribution in [1.82, 2.24) is 0 Å². The monoisotopic (exact) mass is 664 g/mol. The van der Waals surface area contributed by atoms with Crippen molar-refractivity contribution in [3.05, 3.63) is 148 Å². The standard InChI is InChI=1S/C44H41O4P/c1-26-9-14-35(30(5)21-26)34-13-19-41(40(25-34)37-16-11-28(3)23-32(37)7)46-49(45)47-42-20-18-39(36-15-10-27(2)22-31(36)6)44(48-49)43(42)38-17-12-29(4)24-33(38)8/h9-25H,1-8H3. The molecule has 1 aliphatic heterocycles. The van der Waals surface area contributed by atoms with Crippen LogP contribution >= 0.6 is 7.82 Å². The Morgan fingerprint density at radius 1 is 0.449 bits per heavy atom. The minimum Gasteiger partial charge on any atom is -0.385 e. The van der Waals surface area contributed by atoms with Crippen molar-refractivity contribution in [2.24, 2.45) is 0 Å². The minimum atomic E-state index is -4.22. The number of hydrogen-bond donors (Lipinski definition) is 0. The summed E-state index contributed by atoms with van der Waals surface area (Å²) in [6.45, 7) is 16.7. The summed E-state index contributed by atoms with van der Waals surface area (Å²) in [6, 6.07) is 35.3.